The third-order valence-corrected chi connectivity index (χ3v) is 4.92. The van der Waals surface area contributed by atoms with Gasteiger partial charge in [-0.25, -0.2) is 0 Å². The first-order chi connectivity index (χ1) is 13.4. The number of rotatable bonds is 7. The number of carbonyl (C=O) groups excluding carboxylic acids is 2. The van der Waals surface area contributed by atoms with Gasteiger partial charge in [0.25, 0.3) is 0 Å². The van der Waals surface area contributed by atoms with Gasteiger partial charge in [0.05, 0.1) is 12.5 Å². The standard InChI is InChI=1S/C23H29N3O2/c1-16(2)13-26-14-19-10-7-11-21(20(19)15-26)25-23(28)12-22(24-17(3)27)18-8-5-4-6-9-18/h4-11,16,22H,12-15H2,1-3H3,(H,24,27)(H,25,28)/t22-/m1/s1. The van der Waals surface area contributed by atoms with Crippen LogP contribution in [0.1, 0.15) is 49.9 Å². The van der Waals surface area contributed by atoms with E-state index in [-0.39, 0.29) is 24.3 Å². The summed E-state index contributed by atoms with van der Waals surface area (Å²) in [5, 5.41) is 5.96. The van der Waals surface area contributed by atoms with Crippen LogP contribution >= 0.6 is 0 Å². The van der Waals surface area contributed by atoms with Crippen LogP contribution in [0, 0.1) is 5.92 Å². The zero-order valence-corrected chi connectivity index (χ0v) is 16.9. The minimum atomic E-state index is -0.340. The molecule has 0 saturated carbocycles. The topological polar surface area (TPSA) is 61.4 Å². The smallest absolute Gasteiger partial charge is 0.226 e. The number of benzene rings is 2. The molecule has 1 aliphatic rings. The van der Waals surface area contributed by atoms with Crippen molar-refractivity contribution in [3.8, 4) is 0 Å². The molecule has 28 heavy (non-hydrogen) atoms. The van der Waals surface area contributed by atoms with Crippen LogP contribution in [0.4, 0.5) is 5.69 Å². The van der Waals surface area contributed by atoms with Crippen molar-refractivity contribution in [2.45, 2.75) is 46.3 Å². The van der Waals surface area contributed by atoms with E-state index in [1.807, 2.05) is 42.5 Å². The summed E-state index contributed by atoms with van der Waals surface area (Å²) in [6, 6.07) is 15.4. The van der Waals surface area contributed by atoms with E-state index in [9.17, 15) is 9.59 Å². The van der Waals surface area contributed by atoms with Crippen molar-refractivity contribution in [1.82, 2.24) is 10.2 Å². The van der Waals surface area contributed by atoms with E-state index in [0.717, 1.165) is 30.9 Å². The summed E-state index contributed by atoms with van der Waals surface area (Å²) in [7, 11) is 0. The summed E-state index contributed by atoms with van der Waals surface area (Å²) in [5.74, 6) is 0.363. The number of amides is 2. The van der Waals surface area contributed by atoms with Gasteiger partial charge >= 0.3 is 0 Å². The van der Waals surface area contributed by atoms with Crippen LogP contribution in [0.15, 0.2) is 48.5 Å². The molecule has 2 aromatic carbocycles. The molecule has 5 nitrogen and oxygen atoms in total. The Labute approximate surface area is 167 Å². The number of nitrogens with zero attached hydrogens (tertiary/aromatic N) is 1. The second-order valence-electron chi connectivity index (χ2n) is 7.92. The third-order valence-electron chi connectivity index (χ3n) is 4.92. The lowest BCUT2D eigenvalue weighted by molar-refractivity contribution is -0.120. The van der Waals surface area contributed by atoms with Crippen molar-refractivity contribution in [1.29, 1.82) is 0 Å². The van der Waals surface area contributed by atoms with Gasteiger partial charge in [-0.15, -0.1) is 0 Å². The molecule has 2 aromatic rings. The number of hydrogen-bond acceptors (Lipinski definition) is 3. The zero-order chi connectivity index (χ0) is 20.1. The van der Waals surface area contributed by atoms with Crippen LogP contribution in [0.25, 0.3) is 0 Å². The normalized spacial score (nSPS) is 14.6. The number of hydrogen-bond donors (Lipinski definition) is 2. The first-order valence-electron chi connectivity index (χ1n) is 9.87. The molecule has 0 aromatic heterocycles. The lowest BCUT2D eigenvalue weighted by Gasteiger charge is -2.19. The summed E-state index contributed by atoms with van der Waals surface area (Å²) >= 11 is 0. The van der Waals surface area contributed by atoms with Gasteiger partial charge < -0.3 is 10.6 Å². The minimum Gasteiger partial charge on any atom is -0.349 e. The highest BCUT2D eigenvalue weighted by atomic mass is 16.2. The first-order valence-corrected chi connectivity index (χ1v) is 9.87. The van der Waals surface area contributed by atoms with Crippen LogP contribution in [-0.2, 0) is 22.7 Å². The average Bonchev–Trinajstić information content (AvgIpc) is 3.04. The molecule has 0 unspecified atom stereocenters. The Kier molecular flexibility index (Phi) is 6.47. The van der Waals surface area contributed by atoms with E-state index in [1.165, 1.54) is 18.1 Å². The molecule has 0 fully saturated rings. The summed E-state index contributed by atoms with van der Waals surface area (Å²) in [6.07, 6.45) is 0.197. The van der Waals surface area contributed by atoms with Crippen LogP contribution in [-0.4, -0.2) is 23.3 Å². The Balaban J connectivity index is 1.70. The first kappa shape index (κ1) is 20.1. The highest BCUT2D eigenvalue weighted by Gasteiger charge is 2.23. The van der Waals surface area contributed by atoms with E-state index in [4.69, 9.17) is 0 Å². The molecule has 0 spiro atoms. The minimum absolute atomic E-state index is 0.0988. The summed E-state index contributed by atoms with van der Waals surface area (Å²) in [5.41, 5.74) is 4.28. The van der Waals surface area contributed by atoms with Crippen LogP contribution < -0.4 is 10.6 Å². The monoisotopic (exact) mass is 379 g/mol. The summed E-state index contributed by atoms with van der Waals surface area (Å²) in [4.78, 5) is 26.8. The average molecular weight is 380 g/mol. The molecular formula is C23H29N3O2. The van der Waals surface area contributed by atoms with Crippen molar-refractivity contribution < 1.29 is 9.59 Å². The summed E-state index contributed by atoms with van der Waals surface area (Å²) < 4.78 is 0. The molecule has 0 saturated heterocycles. The van der Waals surface area contributed by atoms with Gasteiger partial charge in [-0.2, -0.15) is 0 Å². The fourth-order valence-electron chi connectivity index (χ4n) is 3.82. The van der Waals surface area contributed by atoms with Gasteiger partial charge in [0.15, 0.2) is 0 Å². The molecule has 148 valence electrons. The van der Waals surface area contributed by atoms with Gasteiger partial charge in [-0.3, -0.25) is 14.5 Å². The fourth-order valence-corrected chi connectivity index (χ4v) is 3.82. The van der Waals surface area contributed by atoms with Gasteiger partial charge in [0, 0.05) is 32.2 Å². The molecule has 1 aliphatic heterocycles. The molecule has 5 heteroatoms. The van der Waals surface area contributed by atoms with E-state index in [2.05, 4.69) is 35.4 Å². The molecule has 3 rings (SSSR count). The Bertz CT molecular complexity index is 833. The van der Waals surface area contributed by atoms with E-state index in [0.29, 0.717) is 5.92 Å². The zero-order valence-electron chi connectivity index (χ0n) is 16.9. The van der Waals surface area contributed by atoms with Crippen molar-refractivity contribution in [2.24, 2.45) is 5.92 Å². The quantitative estimate of drug-likeness (QED) is 0.768. The number of fused-ring (bicyclic) bond motifs is 1. The number of nitrogens with one attached hydrogen (secondary N) is 2. The molecule has 2 amide bonds. The Morgan fingerprint density at radius 1 is 1.04 bits per heavy atom. The number of carbonyl (C=O) groups is 2. The lowest BCUT2D eigenvalue weighted by Crippen LogP contribution is -2.30. The van der Waals surface area contributed by atoms with E-state index >= 15 is 0 Å². The van der Waals surface area contributed by atoms with Gasteiger partial charge in [-0.1, -0.05) is 56.3 Å². The second kappa shape index (κ2) is 9.02. The Hall–Kier alpha value is -2.66. The Morgan fingerprint density at radius 2 is 1.79 bits per heavy atom. The lowest BCUT2D eigenvalue weighted by atomic mass is 10.0. The fraction of sp³-hybridized carbons (Fsp3) is 0.391. The predicted octanol–water partition coefficient (Wildman–Crippen LogP) is 3.86. The van der Waals surface area contributed by atoms with Crippen molar-refractivity contribution in [3.63, 3.8) is 0 Å². The molecule has 1 heterocycles. The van der Waals surface area contributed by atoms with Crippen LogP contribution in [0.5, 0.6) is 0 Å². The van der Waals surface area contributed by atoms with Crippen LogP contribution in [0.3, 0.4) is 0 Å². The molecule has 0 aliphatic carbocycles. The van der Waals surface area contributed by atoms with Gasteiger partial charge in [0.2, 0.25) is 11.8 Å². The molecular weight excluding hydrogens is 350 g/mol. The maximum absolute atomic E-state index is 12.8. The van der Waals surface area contributed by atoms with Crippen molar-refractivity contribution in [3.05, 3.63) is 65.2 Å². The molecule has 0 radical (unpaired) electrons. The van der Waals surface area contributed by atoms with Gasteiger partial charge in [-0.05, 0) is 28.7 Å². The predicted molar refractivity (Wildman–Crippen MR) is 112 cm³/mol. The van der Waals surface area contributed by atoms with Crippen LogP contribution in [0.2, 0.25) is 0 Å². The maximum atomic E-state index is 12.8. The summed E-state index contributed by atoms with van der Waals surface area (Å²) in [6.45, 7) is 8.74. The largest absolute Gasteiger partial charge is 0.349 e. The SMILES string of the molecule is CC(=O)N[C@H](CC(=O)Nc1cccc2c1CN(CC(C)C)C2)c1ccccc1. The highest BCUT2D eigenvalue weighted by Crippen LogP contribution is 2.30. The molecule has 2 N–H and O–H groups in total. The third kappa shape index (κ3) is 5.20. The number of anilines is 1. The molecule has 0 bridgehead atoms. The van der Waals surface area contributed by atoms with E-state index in [1.54, 1.807) is 0 Å². The van der Waals surface area contributed by atoms with Crippen molar-refractivity contribution >= 4 is 17.5 Å². The second-order valence-corrected chi connectivity index (χ2v) is 7.92. The highest BCUT2D eigenvalue weighted by molar-refractivity contribution is 5.92. The van der Waals surface area contributed by atoms with Gasteiger partial charge in [0.1, 0.15) is 0 Å². The molecule has 1 atom stereocenters. The Morgan fingerprint density at radius 3 is 2.46 bits per heavy atom. The van der Waals surface area contributed by atoms with E-state index < -0.39 is 0 Å². The maximum Gasteiger partial charge on any atom is 0.226 e. The van der Waals surface area contributed by atoms with Crippen molar-refractivity contribution in [2.75, 3.05) is 11.9 Å².